The number of hydrogen-bond donors (Lipinski definition) is 2. The molecule has 0 fully saturated rings. The van der Waals surface area contributed by atoms with Crippen molar-refractivity contribution < 1.29 is 4.74 Å². The highest BCUT2D eigenvalue weighted by molar-refractivity contribution is 7.80. The molecule has 0 atom stereocenters. The van der Waals surface area contributed by atoms with Crippen LogP contribution in [0.5, 0.6) is 5.75 Å². The van der Waals surface area contributed by atoms with Crippen LogP contribution < -0.4 is 10.1 Å². The van der Waals surface area contributed by atoms with Crippen LogP contribution in [0.25, 0.3) is 11.0 Å². The van der Waals surface area contributed by atoms with Gasteiger partial charge in [-0.1, -0.05) is 54.6 Å². The molecule has 0 radical (unpaired) electrons. The Kier molecular flexibility index (Phi) is 6.79. The fourth-order valence-corrected chi connectivity index (χ4v) is 3.73. The lowest BCUT2D eigenvalue weighted by molar-refractivity contribution is 0.342. The molecular formula is C25H26N4OS. The van der Waals surface area contributed by atoms with Crippen molar-refractivity contribution in [1.29, 1.82) is 0 Å². The molecular weight excluding hydrogens is 404 g/mol. The summed E-state index contributed by atoms with van der Waals surface area (Å²) in [5.41, 5.74) is 4.11. The van der Waals surface area contributed by atoms with E-state index in [2.05, 4.69) is 27.3 Å². The Morgan fingerprint density at radius 1 is 1.00 bits per heavy atom. The highest BCUT2D eigenvalue weighted by Gasteiger charge is 2.14. The average molecular weight is 431 g/mol. The number of thiocarbonyl (C=S) groups is 1. The van der Waals surface area contributed by atoms with E-state index < -0.39 is 0 Å². The molecule has 0 aliphatic rings. The summed E-state index contributed by atoms with van der Waals surface area (Å²) in [5.74, 6) is 1.75. The van der Waals surface area contributed by atoms with E-state index in [1.165, 1.54) is 5.56 Å². The topological polar surface area (TPSA) is 53.2 Å². The Bertz CT molecular complexity index is 1110. The lowest BCUT2D eigenvalue weighted by Crippen LogP contribution is -2.36. The number of aromatic amines is 1. The quantitative estimate of drug-likeness (QED) is 0.367. The largest absolute Gasteiger partial charge is 0.492 e. The molecule has 0 spiro atoms. The van der Waals surface area contributed by atoms with Crippen LogP contribution in [0.3, 0.4) is 0 Å². The van der Waals surface area contributed by atoms with Crippen molar-refractivity contribution in [1.82, 2.24) is 14.9 Å². The molecule has 1 aromatic heterocycles. The Hall–Kier alpha value is -3.38. The zero-order chi connectivity index (χ0) is 21.5. The fourth-order valence-electron chi connectivity index (χ4n) is 3.47. The number of hydrogen-bond acceptors (Lipinski definition) is 3. The normalized spacial score (nSPS) is 10.7. The van der Waals surface area contributed by atoms with Crippen molar-refractivity contribution in [3.05, 3.63) is 90.3 Å². The molecule has 0 unspecified atom stereocenters. The lowest BCUT2D eigenvalue weighted by atomic mass is 10.2. The summed E-state index contributed by atoms with van der Waals surface area (Å²) in [6.07, 6.45) is 0.760. The number of anilines is 1. The van der Waals surface area contributed by atoms with Gasteiger partial charge in [0.2, 0.25) is 0 Å². The average Bonchev–Trinajstić information content (AvgIpc) is 3.22. The molecule has 0 aliphatic heterocycles. The van der Waals surface area contributed by atoms with E-state index in [4.69, 9.17) is 21.9 Å². The first-order valence-corrected chi connectivity index (χ1v) is 10.9. The maximum atomic E-state index is 5.81. The van der Waals surface area contributed by atoms with Gasteiger partial charge in [-0.3, -0.25) is 0 Å². The van der Waals surface area contributed by atoms with Crippen LogP contribution in [0.15, 0.2) is 78.9 Å². The second kappa shape index (κ2) is 10.1. The van der Waals surface area contributed by atoms with Gasteiger partial charge in [0, 0.05) is 19.5 Å². The van der Waals surface area contributed by atoms with E-state index in [9.17, 15) is 0 Å². The second-order valence-electron chi connectivity index (χ2n) is 7.22. The number of aromatic nitrogens is 2. The van der Waals surface area contributed by atoms with Gasteiger partial charge in [-0.05, 0) is 49.0 Å². The van der Waals surface area contributed by atoms with Gasteiger partial charge in [-0.25, -0.2) is 4.98 Å². The van der Waals surface area contributed by atoms with E-state index in [-0.39, 0.29) is 0 Å². The van der Waals surface area contributed by atoms with E-state index in [0.29, 0.717) is 18.3 Å². The van der Waals surface area contributed by atoms with Crippen molar-refractivity contribution >= 4 is 34.1 Å². The zero-order valence-corrected chi connectivity index (χ0v) is 18.4. The van der Waals surface area contributed by atoms with Crippen LogP contribution in [0, 0.1) is 0 Å². The maximum Gasteiger partial charge on any atom is 0.173 e. The number of fused-ring (bicyclic) bond motifs is 1. The summed E-state index contributed by atoms with van der Waals surface area (Å²) in [4.78, 5) is 10.3. The van der Waals surface area contributed by atoms with Crippen molar-refractivity contribution in [2.24, 2.45) is 0 Å². The number of nitrogens with one attached hydrogen (secondary N) is 2. The van der Waals surface area contributed by atoms with Crippen LogP contribution in [0.1, 0.15) is 18.3 Å². The van der Waals surface area contributed by atoms with Crippen molar-refractivity contribution in [2.75, 3.05) is 18.5 Å². The Labute approximate surface area is 188 Å². The molecule has 4 aromatic rings. The van der Waals surface area contributed by atoms with Crippen molar-refractivity contribution in [3.63, 3.8) is 0 Å². The molecule has 0 amide bonds. The molecule has 0 saturated carbocycles. The molecule has 5 nitrogen and oxygen atoms in total. The Balaban J connectivity index is 1.51. The van der Waals surface area contributed by atoms with Gasteiger partial charge in [0.25, 0.3) is 0 Å². The number of benzene rings is 3. The Morgan fingerprint density at radius 3 is 2.55 bits per heavy atom. The summed E-state index contributed by atoms with van der Waals surface area (Å²) < 4.78 is 5.74. The predicted molar refractivity (Wildman–Crippen MR) is 130 cm³/mol. The smallest absolute Gasteiger partial charge is 0.173 e. The minimum Gasteiger partial charge on any atom is -0.492 e. The summed E-state index contributed by atoms with van der Waals surface area (Å²) in [6.45, 7) is 4.02. The fraction of sp³-hybridized carbons (Fsp3) is 0.200. The molecule has 2 N–H and O–H groups in total. The number of rotatable bonds is 8. The molecule has 6 heteroatoms. The molecule has 158 valence electrons. The monoisotopic (exact) mass is 430 g/mol. The number of ether oxygens (including phenoxy) is 1. The number of nitrogens with zero attached hydrogens (tertiary/aromatic N) is 2. The van der Waals surface area contributed by atoms with Crippen LogP contribution in [-0.2, 0) is 13.0 Å². The molecule has 4 rings (SSSR count). The molecule has 0 saturated heterocycles. The zero-order valence-electron chi connectivity index (χ0n) is 17.5. The molecule has 0 bridgehead atoms. The molecule has 31 heavy (non-hydrogen) atoms. The first-order chi connectivity index (χ1) is 15.2. The highest BCUT2D eigenvalue weighted by Crippen LogP contribution is 2.24. The molecule has 1 heterocycles. The number of imidazole rings is 1. The van der Waals surface area contributed by atoms with E-state index >= 15 is 0 Å². The number of H-pyrrole nitrogens is 1. The highest BCUT2D eigenvalue weighted by atomic mass is 32.1. The standard InChI is InChI=1S/C25H26N4OS/c1-2-30-23-15-9-8-14-22(23)28-25(31)29(18-19-10-4-3-5-11-19)17-16-24-26-20-12-6-7-13-21(20)27-24/h3-15H,2,16-18H2,1H3,(H,26,27)(H,28,31). The van der Waals surface area contributed by atoms with E-state index in [0.717, 1.165) is 41.3 Å². The first-order valence-electron chi connectivity index (χ1n) is 10.5. The third kappa shape index (κ3) is 5.41. The molecule has 0 aliphatic carbocycles. The predicted octanol–water partition coefficient (Wildman–Crippen LogP) is 5.40. The minimum atomic E-state index is 0.602. The summed E-state index contributed by atoms with van der Waals surface area (Å²) in [7, 11) is 0. The third-order valence-electron chi connectivity index (χ3n) is 4.99. The molecule has 3 aromatic carbocycles. The van der Waals surface area contributed by atoms with Crippen LogP contribution in [-0.4, -0.2) is 33.1 Å². The van der Waals surface area contributed by atoms with Crippen LogP contribution in [0.4, 0.5) is 5.69 Å². The van der Waals surface area contributed by atoms with E-state index in [1.807, 2.05) is 73.7 Å². The summed E-state index contributed by atoms with van der Waals surface area (Å²) in [5, 5.41) is 4.04. The van der Waals surface area contributed by atoms with Crippen molar-refractivity contribution in [2.45, 2.75) is 19.9 Å². The first kappa shape index (κ1) is 20.9. The van der Waals surface area contributed by atoms with E-state index in [1.54, 1.807) is 0 Å². The van der Waals surface area contributed by atoms with Gasteiger partial charge in [0.15, 0.2) is 5.11 Å². The SMILES string of the molecule is CCOc1ccccc1NC(=S)N(CCc1nc2ccccc2[nH]1)Cc1ccccc1. The van der Waals surface area contributed by atoms with Crippen LogP contribution >= 0.6 is 12.2 Å². The maximum absolute atomic E-state index is 5.81. The van der Waals surface area contributed by atoms with Gasteiger partial charge in [-0.15, -0.1) is 0 Å². The van der Waals surface area contributed by atoms with Gasteiger partial charge in [0.1, 0.15) is 11.6 Å². The van der Waals surface area contributed by atoms with Gasteiger partial charge < -0.3 is 19.9 Å². The third-order valence-corrected chi connectivity index (χ3v) is 5.35. The lowest BCUT2D eigenvalue weighted by Gasteiger charge is -2.26. The second-order valence-corrected chi connectivity index (χ2v) is 7.60. The summed E-state index contributed by atoms with van der Waals surface area (Å²) >= 11 is 5.81. The minimum absolute atomic E-state index is 0.602. The number of para-hydroxylation sites is 4. The Morgan fingerprint density at radius 2 is 1.74 bits per heavy atom. The van der Waals surface area contributed by atoms with Gasteiger partial charge in [-0.2, -0.15) is 0 Å². The van der Waals surface area contributed by atoms with Gasteiger partial charge in [0.05, 0.1) is 23.3 Å². The summed E-state index contributed by atoms with van der Waals surface area (Å²) in [6, 6.07) is 26.3. The van der Waals surface area contributed by atoms with Gasteiger partial charge >= 0.3 is 0 Å². The van der Waals surface area contributed by atoms with Crippen molar-refractivity contribution in [3.8, 4) is 5.75 Å². The van der Waals surface area contributed by atoms with Crippen LogP contribution in [0.2, 0.25) is 0 Å².